The number of hydrogen-bond donors (Lipinski definition) is 0. The fraction of sp³-hybridized carbons (Fsp3) is 0.150. The maximum absolute atomic E-state index is 2.53. The van der Waals surface area contributed by atoms with Gasteiger partial charge in [-0.05, 0) is 23.6 Å². The monoisotopic (exact) mass is 304 g/mol. The molecule has 0 saturated carbocycles. The summed E-state index contributed by atoms with van der Waals surface area (Å²) in [4.78, 5) is 1.52. The zero-order valence-electron chi connectivity index (χ0n) is 12.4. The lowest BCUT2D eigenvalue weighted by Crippen LogP contribution is -2.29. The average Bonchev–Trinajstić information content (AvgIpc) is 3.05. The normalized spacial score (nSPS) is 14.0. The van der Waals surface area contributed by atoms with Crippen LogP contribution in [-0.4, -0.2) is 16.8 Å². The van der Waals surface area contributed by atoms with E-state index < -0.39 is 0 Å². The summed E-state index contributed by atoms with van der Waals surface area (Å²) in [5.74, 6) is 0. The molecular weight excluding hydrogens is 286 g/mol. The maximum atomic E-state index is 2.53. The van der Waals surface area contributed by atoms with Crippen LogP contribution in [0.1, 0.15) is 21.6 Å². The van der Waals surface area contributed by atoms with Gasteiger partial charge in [-0.25, -0.2) is 4.58 Å². The van der Waals surface area contributed by atoms with Gasteiger partial charge >= 0.3 is 0 Å². The molecule has 0 aliphatic carbocycles. The minimum absolute atomic E-state index is 0.973. The molecule has 0 N–H and O–H groups in total. The summed E-state index contributed by atoms with van der Waals surface area (Å²) in [5, 5.41) is 2.22. The molecular formula is C20H18NS+. The molecule has 22 heavy (non-hydrogen) atoms. The first-order valence-electron chi connectivity index (χ1n) is 7.70. The van der Waals surface area contributed by atoms with Crippen molar-refractivity contribution in [2.45, 2.75) is 13.0 Å². The standard InChI is InChI=1S/C20H18NS/c1-3-7-16(8-4-1)15-21-13-11-19-18(12-14-22-19)20(21)17-9-5-2-6-10-17/h1-10,12,14H,11,13,15H2/q+1. The summed E-state index contributed by atoms with van der Waals surface area (Å²) >= 11 is 1.88. The highest BCUT2D eigenvalue weighted by Gasteiger charge is 2.27. The molecule has 4 rings (SSSR count). The van der Waals surface area contributed by atoms with E-state index in [0.717, 1.165) is 19.5 Å². The molecule has 2 aromatic carbocycles. The molecule has 2 heteroatoms. The first-order valence-corrected chi connectivity index (χ1v) is 8.58. The van der Waals surface area contributed by atoms with Gasteiger partial charge in [0.25, 0.3) is 0 Å². The predicted octanol–water partition coefficient (Wildman–Crippen LogP) is 4.35. The number of benzene rings is 2. The van der Waals surface area contributed by atoms with E-state index in [9.17, 15) is 0 Å². The van der Waals surface area contributed by atoms with E-state index in [4.69, 9.17) is 0 Å². The van der Waals surface area contributed by atoms with Gasteiger partial charge < -0.3 is 0 Å². The summed E-state index contributed by atoms with van der Waals surface area (Å²) in [5.41, 5.74) is 5.48. The number of hydrogen-bond acceptors (Lipinski definition) is 1. The van der Waals surface area contributed by atoms with Gasteiger partial charge in [-0.2, -0.15) is 0 Å². The van der Waals surface area contributed by atoms with Crippen molar-refractivity contribution in [3.8, 4) is 0 Å². The topological polar surface area (TPSA) is 3.01 Å². The van der Waals surface area contributed by atoms with Crippen LogP contribution in [0.4, 0.5) is 0 Å². The Kier molecular flexibility index (Phi) is 3.61. The Balaban J connectivity index is 1.84. The van der Waals surface area contributed by atoms with E-state index in [1.54, 1.807) is 0 Å². The van der Waals surface area contributed by atoms with Crippen molar-refractivity contribution in [1.82, 2.24) is 0 Å². The van der Waals surface area contributed by atoms with Gasteiger partial charge in [0.1, 0.15) is 6.54 Å². The van der Waals surface area contributed by atoms with Gasteiger partial charge in [0.2, 0.25) is 5.71 Å². The molecule has 108 valence electrons. The Morgan fingerprint density at radius 2 is 1.59 bits per heavy atom. The summed E-state index contributed by atoms with van der Waals surface area (Å²) < 4.78 is 2.53. The molecule has 1 aromatic heterocycles. The number of thiophene rings is 1. The van der Waals surface area contributed by atoms with Gasteiger partial charge in [0.15, 0.2) is 6.54 Å². The first-order chi connectivity index (χ1) is 10.9. The third-order valence-corrected chi connectivity index (χ3v) is 5.17. The van der Waals surface area contributed by atoms with Crippen LogP contribution >= 0.6 is 11.3 Å². The van der Waals surface area contributed by atoms with Crippen LogP contribution in [-0.2, 0) is 13.0 Å². The van der Waals surface area contributed by atoms with Gasteiger partial charge in [0, 0.05) is 22.4 Å². The van der Waals surface area contributed by atoms with Crippen LogP contribution in [0.25, 0.3) is 0 Å². The second kappa shape index (κ2) is 5.90. The summed E-state index contributed by atoms with van der Waals surface area (Å²) in [6.07, 6.45) is 1.15. The van der Waals surface area contributed by atoms with Crippen molar-refractivity contribution in [3.63, 3.8) is 0 Å². The van der Waals surface area contributed by atoms with Gasteiger partial charge in [-0.15, -0.1) is 11.3 Å². The quantitative estimate of drug-likeness (QED) is 0.633. The highest BCUT2D eigenvalue weighted by Crippen LogP contribution is 2.25. The molecule has 3 aromatic rings. The second-order valence-electron chi connectivity index (χ2n) is 5.63. The van der Waals surface area contributed by atoms with Crippen molar-refractivity contribution in [3.05, 3.63) is 93.7 Å². The highest BCUT2D eigenvalue weighted by atomic mass is 32.1. The fourth-order valence-electron chi connectivity index (χ4n) is 3.16. The number of fused-ring (bicyclic) bond motifs is 1. The summed E-state index contributed by atoms with van der Waals surface area (Å²) in [7, 11) is 0. The molecule has 0 bridgehead atoms. The Morgan fingerprint density at radius 3 is 2.36 bits per heavy atom. The van der Waals surface area contributed by atoms with Crippen molar-refractivity contribution in [1.29, 1.82) is 0 Å². The molecule has 0 spiro atoms. The zero-order chi connectivity index (χ0) is 14.8. The minimum atomic E-state index is 0.973. The van der Waals surface area contributed by atoms with Gasteiger partial charge in [-0.1, -0.05) is 48.5 Å². The smallest absolute Gasteiger partial charge is 0.215 e. The summed E-state index contributed by atoms with van der Waals surface area (Å²) in [6, 6.07) is 23.8. The lowest BCUT2D eigenvalue weighted by Gasteiger charge is -2.16. The Morgan fingerprint density at radius 1 is 0.864 bits per heavy atom. The maximum Gasteiger partial charge on any atom is 0.215 e. The lowest BCUT2D eigenvalue weighted by atomic mass is 9.98. The van der Waals surface area contributed by atoms with E-state index in [-0.39, 0.29) is 0 Å². The Hall–Kier alpha value is -2.19. The third-order valence-electron chi connectivity index (χ3n) is 4.19. The van der Waals surface area contributed by atoms with E-state index in [1.807, 2.05) is 11.3 Å². The Labute approximate surface area is 135 Å². The SMILES string of the molecule is c1ccc(C[N+]2=C(c3ccccc3)c3ccsc3CC2)cc1. The van der Waals surface area contributed by atoms with Crippen LogP contribution in [0.15, 0.2) is 72.1 Å². The van der Waals surface area contributed by atoms with E-state index in [1.165, 1.54) is 27.3 Å². The molecule has 0 amide bonds. The van der Waals surface area contributed by atoms with Gasteiger partial charge in [0.05, 0.1) is 5.56 Å². The average molecular weight is 304 g/mol. The number of nitrogens with zero attached hydrogens (tertiary/aromatic N) is 1. The van der Waals surface area contributed by atoms with E-state index >= 15 is 0 Å². The van der Waals surface area contributed by atoms with Crippen molar-refractivity contribution in [2.75, 3.05) is 6.54 Å². The third kappa shape index (κ3) is 2.51. The molecule has 1 aliphatic rings. The van der Waals surface area contributed by atoms with Crippen molar-refractivity contribution in [2.24, 2.45) is 0 Å². The molecule has 1 aliphatic heterocycles. The molecule has 0 fully saturated rings. The van der Waals surface area contributed by atoms with Crippen LogP contribution in [0.5, 0.6) is 0 Å². The van der Waals surface area contributed by atoms with Gasteiger partial charge in [-0.3, -0.25) is 0 Å². The van der Waals surface area contributed by atoms with Crippen LogP contribution < -0.4 is 0 Å². The second-order valence-corrected chi connectivity index (χ2v) is 6.63. The highest BCUT2D eigenvalue weighted by molar-refractivity contribution is 7.10. The molecule has 0 atom stereocenters. The van der Waals surface area contributed by atoms with Crippen molar-refractivity contribution < 1.29 is 4.58 Å². The van der Waals surface area contributed by atoms with E-state index in [0.29, 0.717) is 0 Å². The van der Waals surface area contributed by atoms with Crippen LogP contribution in [0.3, 0.4) is 0 Å². The first kappa shape index (κ1) is 13.5. The van der Waals surface area contributed by atoms with Crippen LogP contribution in [0.2, 0.25) is 0 Å². The van der Waals surface area contributed by atoms with E-state index in [2.05, 4.69) is 76.7 Å². The number of rotatable bonds is 3. The molecule has 0 radical (unpaired) electrons. The largest absolute Gasteiger partial charge is 0.224 e. The lowest BCUT2D eigenvalue weighted by molar-refractivity contribution is -0.544. The molecule has 1 nitrogen and oxygen atoms in total. The molecule has 0 saturated heterocycles. The molecule has 2 heterocycles. The zero-order valence-corrected chi connectivity index (χ0v) is 13.2. The summed E-state index contributed by atoms with van der Waals surface area (Å²) in [6.45, 7) is 2.06. The molecule has 0 unspecified atom stereocenters. The van der Waals surface area contributed by atoms with Crippen LogP contribution in [0, 0.1) is 0 Å². The Bertz CT molecular complexity index is 800. The minimum Gasteiger partial charge on any atom is -0.224 e. The predicted molar refractivity (Wildman–Crippen MR) is 92.9 cm³/mol. The fourth-order valence-corrected chi connectivity index (χ4v) is 4.03. The van der Waals surface area contributed by atoms with Crippen molar-refractivity contribution >= 4 is 17.0 Å².